The van der Waals surface area contributed by atoms with Gasteiger partial charge in [0.2, 0.25) is 0 Å². The van der Waals surface area contributed by atoms with Crippen LogP contribution in [0.25, 0.3) is 11.1 Å². The first kappa shape index (κ1) is 12.2. The van der Waals surface area contributed by atoms with Gasteiger partial charge in [-0.15, -0.1) is 0 Å². The summed E-state index contributed by atoms with van der Waals surface area (Å²) in [5.41, 5.74) is 2.39. The van der Waals surface area contributed by atoms with Crippen molar-refractivity contribution in [2.24, 2.45) is 0 Å². The van der Waals surface area contributed by atoms with Crippen LogP contribution in [-0.4, -0.2) is 10.9 Å². The second-order valence-electron chi connectivity index (χ2n) is 4.32. The third-order valence-electron chi connectivity index (χ3n) is 2.82. The van der Waals surface area contributed by atoms with E-state index in [-0.39, 0.29) is 5.91 Å². The van der Waals surface area contributed by atoms with Gasteiger partial charge in [0.25, 0.3) is 5.91 Å². The minimum Gasteiger partial charge on any atom is -0.619 e. The Morgan fingerprint density at radius 2 is 2.05 bits per heavy atom. The summed E-state index contributed by atoms with van der Waals surface area (Å²) >= 11 is 0. The monoisotopic (exact) mass is 269 g/mol. The van der Waals surface area contributed by atoms with Gasteiger partial charge in [0.05, 0.1) is 5.56 Å². The second kappa shape index (κ2) is 4.65. The van der Waals surface area contributed by atoms with Crippen LogP contribution in [0.15, 0.2) is 47.1 Å². The highest BCUT2D eigenvalue weighted by molar-refractivity contribution is 6.04. The number of carbonyl (C=O) groups excluding carboxylic acids is 1. The number of aryl methyl sites for hydroxylation is 1. The predicted molar refractivity (Wildman–Crippen MR) is 72.1 cm³/mol. The number of carbonyl (C=O) groups is 1. The van der Waals surface area contributed by atoms with Crippen molar-refractivity contribution >= 4 is 22.7 Å². The molecule has 2 heterocycles. The highest BCUT2D eigenvalue weighted by Gasteiger charge is 2.09. The molecule has 1 N–H and O–H groups in total. The zero-order valence-corrected chi connectivity index (χ0v) is 10.7. The quantitative estimate of drug-likeness (QED) is 0.570. The molecular formula is C14H11N3O3. The van der Waals surface area contributed by atoms with Gasteiger partial charge in [0.15, 0.2) is 23.9 Å². The molecule has 1 amide bonds. The molecule has 0 aliphatic carbocycles. The molecule has 0 radical (unpaired) electrons. The largest absolute Gasteiger partial charge is 0.619 e. The first-order valence-corrected chi connectivity index (χ1v) is 5.99. The first-order valence-electron chi connectivity index (χ1n) is 5.99. The molecule has 3 rings (SSSR count). The van der Waals surface area contributed by atoms with E-state index >= 15 is 0 Å². The molecule has 0 aliphatic heterocycles. The summed E-state index contributed by atoms with van der Waals surface area (Å²) in [5, 5.41) is 13.7. The number of anilines is 1. The minimum absolute atomic E-state index is 0.287. The molecule has 100 valence electrons. The van der Waals surface area contributed by atoms with Crippen molar-refractivity contribution in [3.8, 4) is 0 Å². The molecular weight excluding hydrogens is 258 g/mol. The van der Waals surface area contributed by atoms with E-state index in [2.05, 4.69) is 10.3 Å². The maximum Gasteiger partial charge on any atom is 0.256 e. The Bertz CT molecular complexity index is 778. The summed E-state index contributed by atoms with van der Waals surface area (Å²) < 4.78 is 5.99. The van der Waals surface area contributed by atoms with Crippen molar-refractivity contribution in [3.63, 3.8) is 0 Å². The Kier molecular flexibility index (Phi) is 2.83. The lowest BCUT2D eigenvalue weighted by Crippen LogP contribution is -2.25. The number of hydrogen-bond acceptors (Lipinski definition) is 4. The number of amides is 1. The van der Waals surface area contributed by atoms with Crippen LogP contribution in [0.2, 0.25) is 0 Å². The van der Waals surface area contributed by atoms with Crippen molar-refractivity contribution < 1.29 is 13.9 Å². The fourth-order valence-electron chi connectivity index (χ4n) is 1.89. The van der Waals surface area contributed by atoms with E-state index in [0.717, 1.165) is 0 Å². The number of benzene rings is 1. The molecule has 2 aromatic heterocycles. The highest BCUT2D eigenvalue weighted by Crippen LogP contribution is 2.20. The number of rotatable bonds is 2. The van der Waals surface area contributed by atoms with Gasteiger partial charge in [-0.25, -0.2) is 4.98 Å². The van der Waals surface area contributed by atoms with Crippen molar-refractivity contribution in [2.75, 3.05) is 5.32 Å². The number of pyridine rings is 1. The molecule has 0 atom stereocenters. The van der Waals surface area contributed by atoms with Gasteiger partial charge in [-0.3, -0.25) is 4.79 Å². The lowest BCUT2D eigenvalue weighted by Gasteiger charge is -2.04. The summed E-state index contributed by atoms with van der Waals surface area (Å²) in [6.45, 7) is 1.76. The van der Waals surface area contributed by atoms with Crippen LogP contribution >= 0.6 is 0 Å². The number of hydrogen-bond donors (Lipinski definition) is 1. The summed E-state index contributed by atoms with van der Waals surface area (Å²) in [6, 6.07) is 8.14. The summed E-state index contributed by atoms with van der Waals surface area (Å²) in [7, 11) is 0. The maximum absolute atomic E-state index is 12.0. The normalized spacial score (nSPS) is 10.7. The van der Waals surface area contributed by atoms with E-state index < -0.39 is 0 Å². The Morgan fingerprint density at radius 3 is 2.80 bits per heavy atom. The number of oxazole rings is 1. The predicted octanol–water partition coefficient (Wildman–Crippen LogP) is 2.02. The Labute approximate surface area is 114 Å². The van der Waals surface area contributed by atoms with Crippen LogP contribution < -0.4 is 10.0 Å². The summed E-state index contributed by atoms with van der Waals surface area (Å²) in [5.74, 6) is 0.289. The molecule has 6 nitrogen and oxygen atoms in total. The van der Waals surface area contributed by atoms with Crippen LogP contribution in [0.1, 0.15) is 16.2 Å². The number of fused-ring (bicyclic) bond motifs is 1. The molecule has 0 bridgehead atoms. The highest BCUT2D eigenvalue weighted by atomic mass is 16.5. The molecule has 0 spiro atoms. The smallest absolute Gasteiger partial charge is 0.256 e. The molecule has 0 unspecified atom stereocenters. The van der Waals surface area contributed by atoms with Crippen molar-refractivity contribution in [3.05, 3.63) is 59.4 Å². The fraction of sp³-hybridized carbons (Fsp3) is 0.0714. The molecule has 0 fully saturated rings. The van der Waals surface area contributed by atoms with Crippen LogP contribution in [-0.2, 0) is 0 Å². The number of aromatic nitrogens is 2. The lowest BCUT2D eigenvalue weighted by molar-refractivity contribution is -0.605. The van der Waals surface area contributed by atoms with E-state index in [9.17, 15) is 10.0 Å². The van der Waals surface area contributed by atoms with Gasteiger partial charge in [-0.2, -0.15) is 4.73 Å². The van der Waals surface area contributed by atoms with Gasteiger partial charge in [0, 0.05) is 24.7 Å². The topological polar surface area (TPSA) is 82.1 Å². The Balaban J connectivity index is 1.84. The van der Waals surface area contributed by atoms with Crippen molar-refractivity contribution in [1.82, 2.24) is 4.98 Å². The Morgan fingerprint density at radius 1 is 1.30 bits per heavy atom. The minimum atomic E-state index is -0.287. The van der Waals surface area contributed by atoms with Crippen LogP contribution in [0, 0.1) is 12.1 Å². The summed E-state index contributed by atoms with van der Waals surface area (Å²) in [4.78, 5) is 16.2. The van der Waals surface area contributed by atoms with E-state index in [1.54, 1.807) is 25.1 Å². The summed E-state index contributed by atoms with van der Waals surface area (Å²) in [6.07, 6.45) is 2.55. The third-order valence-corrected chi connectivity index (χ3v) is 2.82. The Hall–Kier alpha value is -2.89. The van der Waals surface area contributed by atoms with Gasteiger partial charge in [-0.1, -0.05) is 0 Å². The number of nitrogens with zero attached hydrogens (tertiary/aromatic N) is 2. The SMILES string of the molecule is Cc1nc2cc(NC(=O)c3cc[n+]([O-])cc3)ccc2o1. The standard InChI is InChI=1S/C14H11N3O3/c1-9-15-12-8-11(2-3-13(12)20-9)16-14(18)10-4-6-17(19)7-5-10/h2-8H,1H3,(H,16,18). The van der Waals surface area contributed by atoms with Crippen molar-refractivity contribution in [2.45, 2.75) is 6.92 Å². The fourth-order valence-corrected chi connectivity index (χ4v) is 1.89. The molecule has 3 aromatic rings. The second-order valence-corrected chi connectivity index (χ2v) is 4.32. The van der Waals surface area contributed by atoms with Gasteiger partial charge in [-0.05, 0) is 18.2 Å². The third kappa shape index (κ3) is 2.31. The van der Waals surface area contributed by atoms with Gasteiger partial charge in [0.1, 0.15) is 5.52 Å². The van der Waals surface area contributed by atoms with Gasteiger partial charge < -0.3 is 14.9 Å². The average Bonchev–Trinajstić information content (AvgIpc) is 2.78. The zero-order valence-electron chi connectivity index (χ0n) is 10.7. The average molecular weight is 269 g/mol. The van der Waals surface area contributed by atoms with E-state index in [1.165, 1.54) is 24.5 Å². The van der Waals surface area contributed by atoms with Crippen LogP contribution in [0.5, 0.6) is 0 Å². The van der Waals surface area contributed by atoms with Crippen LogP contribution in [0.3, 0.4) is 0 Å². The molecule has 20 heavy (non-hydrogen) atoms. The van der Waals surface area contributed by atoms with E-state index in [0.29, 0.717) is 33.0 Å². The van der Waals surface area contributed by atoms with Crippen LogP contribution in [0.4, 0.5) is 5.69 Å². The molecule has 0 aliphatic rings. The number of nitrogens with one attached hydrogen (secondary N) is 1. The maximum atomic E-state index is 12.0. The van der Waals surface area contributed by atoms with Crippen molar-refractivity contribution in [1.29, 1.82) is 0 Å². The lowest BCUT2D eigenvalue weighted by atomic mass is 10.2. The van der Waals surface area contributed by atoms with Gasteiger partial charge >= 0.3 is 0 Å². The molecule has 6 heteroatoms. The molecule has 0 saturated carbocycles. The first-order chi connectivity index (χ1) is 9.61. The van der Waals surface area contributed by atoms with E-state index in [4.69, 9.17) is 4.42 Å². The zero-order chi connectivity index (χ0) is 14.1. The molecule has 1 aromatic carbocycles. The van der Waals surface area contributed by atoms with E-state index in [1.807, 2.05) is 0 Å². The molecule has 0 saturated heterocycles.